The van der Waals surface area contributed by atoms with Crippen LogP contribution in [0.25, 0.3) is 10.2 Å². The highest BCUT2D eigenvalue weighted by Crippen LogP contribution is 2.24. The van der Waals surface area contributed by atoms with Crippen molar-refractivity contribution >= 4 is 48.9 Å². The van der Waals surface area contributed by atoms with E-state index in [1.807, 2.05) is 6.92 Å². The zero-order valence-electron chi connectivity index (χ0n) is 14.9. The Morgan fingerprint density at radius 1 is 1.11 bits per heavy atom. The first-order valence-corrected chi connectivity index (χ1v) is 10.6. The van der Waals surface area contributed by atoms with Crippen LogP contribution in [-0.4, -0.2) is 18.9 Å². The molecule has 0 radical (unpaired) electrons. The lowest BCUT2D eigenvalue weighted by atomic mass is 10.3. The number of anilines is 2. The van der Waals surface area contributed by atoms with E-state index in [2.05, 4.69) is 10.0 Å². The summed E-state index contributed by atoms with van der Waals surface area (Å²) in [4.78, 5) is 23.1. The van der Waals surface area contributed by atoms with Gasteiger partial charge in [0, 0.05) is 24.8 Å². The van der Waals surface area contributed by atoms with Crippen molar-refractivity contribution < 1.29 is 13.2 Å². The van der Waals surface area contributed by atoms with E-state index in [1.54, 1.807) is 34.9 Å². The number of nitrogens with zero attached hydrogens (tertiary/aromatic N) is 1. The minimum absolute atomic E-state index is 0.0887. The Morgan fingerprint density at radius 3 is 2.41 bits per heavy atom. The van der Waals surface area contributed by atoms with Crippen LogP contribution in [0.4, 0.5) is 11.4 Å². The molecule has 0 aliphatic heterocycles. The van der Waals surface area contributed by atoms with Gasteiger partial charge < -0.3 is 5.32 Å². The number of sulfonamides is 1. The summed E-state index contributed by atoms with van der Waals surface area (Å²) in [5.41, 5.74) is 1.69. The third kappa shape index (κ3) is 4.20. The number of thiazole rings is 1. The van der Waals surface area contributed by atoms with E-state index < -0.39 is 10.0 Å². The van der Waals surface area contributed by atoms with Crippen molar-refractivity contribution in [2.45, 2.75) is 31.7 Å². The van der Waals surface area contributed by atoms with Gasteiger partial charge in [0.05, 0.1) is 15.1 Å². The lowest BCUT2D eigenvalue weighted by molar-refractivity contribution is -0.114. The first kappa shape index (κ1) is 19.1. The second-order valence-electron chi connectivity index (χ2n) is 6.01. The fourth-order valence-corrected chi connectivity index (χ4v) is 4.80. The summed E-state index contributed by atoms with van der Waals surface area (Å²) < 4.78 is 30.1. The molecule has 0 aliphatic rings. The quantitative estimate of drug-likeness (QED) is 0.658. The molecule has 0 atom stereocenters. The van der Waals surface area contributed by atoms with E-state index in [4.69, 9.17) is 0 Å². The molecule has 9 heteroatoms. The van der Waals surface area contributed by atoms with E-state index in [9.17, 15) is 18.0 Å². The molecule has 0 fully saturated rings. The third-order valence-electron chi connectivity index (χ3n) is 3.85. The van der Waals surface area contributed by atoms with Gasteiger partial charge in [0.2, 0.25) is 5.91 Å². The summed E-state index contributed by atoms with van der Waals surface area (Å²) in [5.74, 6) is -0.203. The number of carbonyl (C=O) groups is 1. The van der Waals surface area contributed by atoms with Gasteiger partial charge in [-0.05, 0) is 48.9 Å². The first-order chi connectivity index (χ1) is 12.8. The molecule has 142 valence electrons. The van der Waals surface area contributed by atoms with E-state index in [0.717, 1.165) is 23.3 Å². The molecular formula is C18H19N3O4S2. The van der Waals surface area contributed by atoms with Crippen LogP contribution in [0.5, 0.6) is 0 Å². The van der Waals surface area contributed by atoms with Crippen molar-refractivity contribution in [2.24, 2.45) is 0 Å². The Labute approximate surface area is 160 Å². The number of amides is 1. The normalized spacial score (nSPS) is 11.5. The minimum Gasteiger partial charge on any atom is -0.326 e. The second kappa shape index (κ2) is 7.53. The number of carbonyl (C=O) groups excluding carboxylic acids is 1. The molecule has 0 bridgehead atoms. The number of rotatable bonds is 6. The summed E-state index contributed by atoms with van der Waals surface area (Å²) in [6, 6.07) is 11.0. The van der Waals surface area contributed by atoms with E-state index in [0.29, 0.717) is 22.6 Å². The molecule has 2 N–H and O–H groups in total. The van der Waals surface area contributed by atoms with E-state index in [1.165, 1.54) is 19.1 Å². The maximum atomic E-state index is 12.7. The molecule has 3 aromatic rings. The Kier molecular flexibility index (Phi) is 5.33. The Hall–Kier alpha value is -2.65. The maximum absolute atomic E-state index is 12.7. The van der Waals surface area contributed by atoms with Crippen molar-refractivity contribution in [1.82, 2.24) is 4.57 Å². The third-order valence-corrected chi connectivity index (χ3v) is 6.18. The van der Waals surface area contributed by atoms with Crippen LogP contribution >= 0.6 is 11.3 Å². The molecule has 0 aliphatic carbocycles. The Balaban J connectivity index is 1.88. The van der Waals surface area contributed by atoms with E-state index in [-0.39, 0.29) is 15.7 Å². The van der Waals surface area contributed by atoms with Crippen molar-refractivity contribution in [2.75, 3.05) is 10.0 Å². The lowest BCUT2D eigenvalue weighted by Gasteiger charge is -2.09. The highest BCUT2D eigenvalue weighted by atomic mass is 32.2. The summed E-state index contributed by atoms with van der Waals surface area (Å²) in [5, 5.41) is 2.62. The monoisotopic (exact) mass is 405 g/mol. The number of fused-ring (bicyclic) bond motifs is 1. The Morgan fingerprint density at radius 2 is 1.78 bits per heavy atom. The average molecular weight is 406 g/mol. The zero-order chi connectivity index (χ0) is 19.6. The molecule has 7 nitrogen and oxygen atoms in total. The first-order valence-electron chi connectivity index (χ1n) is 8.34. The van der Waals surface area contributed by atoms with Gasteiger partial charge in [0.1, 0.15) is 0 Å². The summed E-state index contributed by atoms with van der Waals surface area (Å²) in [7, 11) is -3.80. The molecular weight excluding hydrogens is 386 g/mol. The van der Waals surface area contributed by atoms with Crippen molar-refractivity contribution in [3.8, 4) is 0 Å². The van der Waals surface area contributed by atoms with Gasteiger partial charge in [0.15, 0.2) is 0 Å². The molecule has 1 amide bonds. The molecule has 0 spiro atoms. The molecule has 0 saturated heterocycles. The largest absolute Gasteiger partial charge is 0.326 e. The summed E-state index contributed by atoms with van der Waals surface area (Å²) in [6.45, 7) is 3.98. The topological polar surface area (TPSA) is 97.3 Å². The number of hydrogen-bond acceptors (Lipinski definition) is 5. The minimum atomic E-state index is -3.80. The summed E-state index contributed by atoms with van der Waals surface area (Å²) in [6.07, 6.45) is 0.821. The van der Waals surface area contributed by atoms with Gasteiger partial charge in [0.25, 0.3) is 10.0 Å². The zero-order valence-corrected chi connectivity index (χ0v) is 16.5. The number of hydrogen-bond donors (Lipinski definition) is 2. The fraction of sp³-hybridized carbons (Fsp3) is 0.222. The highest BCUT2D eigenvalue weighted by Gasteiger charge is 2.17. The molecule has 0 saturated carbocycles. The van der Waals surface area contributed by atoms with Crippen LogP contribution in [0.3, 0.4) is 0 Å². The number of aromatic nitrogens is 1. The van der Waals surface area contributed by atoms with Crippen LogP contribution in [-0.2, 0) is 21.4 Å². The molecule has 0 unspecified atom stereocenters. The van der Waals surface area contributed by atoms with Gasteiger partial charge in [-0.25, -0.2) is 8.42 Å². The van der Waals surface area contributed by atoms with Gasteiger partial charge in [-0.2, -0.15) is 0 Å². The molecule has 1 heterocycles. The summed E-state index contributed by atoms with van der Waals surface area (Å²) >= 11 is 1.04. The average Bonchev–Trinajstić information content (AvgIpc) is 2.91. The molecule has 27 heavy (non-hydrogen) atoms. The van der Waals surface area contributed by atoms with Gasteiger partial charge >= 0.3 is 4.87 Å². The molecule has 1 aromatic heterocycles. The Bertz CT molecular complexity index is 1150. The number of benzene rings is 2. The van der Waals surface area contributed by atoms with Gasteiger partial charge in [-0.15, -0.1) is 0 Å². The predicted molar refractivity (Wildman–Crippen MR) is 108 cm³/mol. The predicted octanol–water partition coefficient (Wildman–Crippen LogP) is 3.23. The van der Waals surface area contributed by atoms with Crippen molar-refractivity contribution in [1.29, 1.82) is 0 Å². The molecule has 3 rings (SSSR count). The highest BCUT2D eigenvalue weighted by molar-refractivity contribution is 7.92. The van der Waals surface area contributed by atoms with Crippen molar-refractivity contribution in [3.05, 3.63) is 52.1 Å². The SMILES string of the molecule is CCCn1c(=O)sc2cc(S(=O)(=O)Nc3ccc(NC(C)=O)cc3)ccc21. The van der Waals surface area contributed by atoms with Gasteiger partial charge in [-0.3, -0.25) is 18.9 Å². The van der Waals surface area contributed by atoms with Crippen LogP contribution in [0.15, 0.2) is 52.2 Å². The van der Waals surface area contributed by atoms with Crippen molar-refractivity contribution in [3.63, 3.8) is 0 Å². The smallest absolute Gasteiger partial charge is 0.308 e. The van der Waals surface area contributed by atoms with Gasteiger partial charge in [-0.1, -0.05) is 18.3 Å². The second-order valence-corrected chi connectivity index (χ2v) is 8.69. The number of nitrogens with one attached hydrogen (secondary N) is 2. The fourth-order valence-electron chi connectivity index (χ4n) is 2.69. The van der Waals surface area contributed by atoms with Crippen LogP contribution < -0.4 is 14.9 Å². The van der Waals surface area contributed by atoms with Crippen LogP contribution in [0.2, 0.25) is 0 Å². The standard InChI is InChI=1S/C18H19N3O4S2/c1-3-10-21-16-9-8-15(11-17(16)26-18(21)23)27(24,25)20-14-6-4-13(5-7-14)19-12(2)22/h4-9,11,20H,3,10H2,1-2H3,(H,19,22). The van der Waals surface area contributed by atoms with Crippen LogP contribution in [0.1, 0.15) is 20.3 Å². The molecule has 2 aromatic carbocycles. The maximum Gasteiger partial charge on any atom is 0.308 e. The lowest BCUT2D eigenvalue weighted by Crippen LogP contribution is -2.13. The van der Waals surface area contributed by atoms with E-state index >= 15 is 0 Å². The van der Waals surface area contributed by atoms with Crippen LogP contribution in [0, 0.1) is 0 Å². The number of aryl methyl sites for hydroxylation is 1.